The number of rotatable bonds is 4. The summed E-state index contributed by atoms with van der Waals surface area (Å²) in [5.74, 6) is -1.36. The van der Waals surface area contributed by atoms with Crippen molar-refractivity contribution in [1.82, 2.24) is 9.88 Å². The van der Waals surface area contributed by atoms with E-state index in [0.717, 1.165) is 35.5 Å². The topological polar surface area (TPSA) is 117 Å². The summed E-state index contributed by atoms with van der Waals surface area (Å²) in [6.07, 6.45) is 2.05. The van der Waals surface area contributed by atoms with Crippen molar-refractivity contribution in [3.05, 3.63) is 21.7 Å². The third-order valence-electron chi connectivity index (χ3n) is 8.69. The normalized spacial score (nSPS) is 32.5. The highest BCUT2D eigenvalue weighted by Gasteiger charge is 2.51. The fourth-order valence-corrected chi connectivity index (χ4v) is 6.49. The van der Waals surface area contributed by atoms with Crippen LogP contribution in [0.5, 0.6) is 0 Å². The highest BCUT2D eigenvalue weighted by molar-refractivity contribution is 7.09. The van der Waals surface area contributed by atoms with Gasteiger partial charge in [0.1, 0.15) is 11.9 Å². The molecule has 7 atom stereocenters. The van der Waals surface area contributed by atoms with Gasteiger partial charge in [-0.1, -0.05) is 48.0 Å². The van der Waals surface area contributed by atoms with Gasteiger partial charge in [-0.15, -0.1) is 11.3 Å². The molecule has 2 N–H and O–H groups in total. The lowest BCUT2D eigenvalue weighted by Crippen LogP contribution is -2.45. The smallest absolute Gasteiger partial charge is 0.309 e. The van der Waals surface area contributed by atoms with Gasteiger partial charge < -0.3 is 19.8 Å². The van der Waals surface area contributed by atoms with Crippen LogP contribution in [0.15, 0.2) is 11.0 Å². The molecule has 40 heavy (non-hydrogen) atoms. The Bertz CT molecular complexity index is 1100. The van der Waals surface area contributed by atoms with Gasteiger partial charge in [-0.25, -0.2) is 4.98 Å². The summed E-state index contributed by atoms with van der Waals surface area (Å²) < 4.78 is 5.97. The van der Waals surface area contributed by atoms with Crippen molar-refractivity contribution in [1.29, 1.82) is 0 Å². The van der Waals surface area contributed by atoms with Gasteiger partial charge in [0.15, 0.2) is 0 Å². The number of ketones is 1. The first-order valence-corrected chi connectivity index (χ1v) is 15.5. The van der Waals surface area contributed by atoms with Gasteiger partial charge >= 0.3 is 5.97 Å². The van der Waals surface area contributed by atoms with E-state index in [0.29, 0.717) is 12.8 Å². The van der Waals surface area contributed by atoms with Crippen LogP contribution in [0, 0.1) is 30.1 Å². The van der Waals surface area contributed by atoms with E-state index < -0.39 is 35.6 Å². The molecule has 2 fully saturated rings. The molecule has 0 aliphatic carbocycles. The Hall–Kier alpha value is -2.10. The zero-order valence-corrected chi connectivity index (χ0v) is 26.2. The van der Waals surface area contributed by atoms with E-state index in [1.807, 2.05) is 51.0 Å². The zero-order chi connectivity index (χ0) is 29.9. The zero-order valence-electron chi connectivity index (χ0n) is 25.3. The molecule has 2 saturated heterocycles. The summed E-state index contributed by atoms with van der Waals surface area (Å²) in [5.41, 5.74) is 0.365. The number of esters is 1. The van der Waals surface area contributed by atoms with Crippen LogP contribution in [0.3, 0.4) is 0 Å². The number of aliphatic hydroxyl groups is 2. The number of thiazole rings is 1. The van der Waals surface area contributed by atoms with Gasteiger partial charge in [0.25, 0.3) is 0 Å². The van der Waals surface area contributed by atoms with Gasteiger partial charge in [0, 0.05) is 24.1 Å². The van der Waals surface area contributed by atoms with E-state index in [-0.39, 0.29) is 42.0 Å². The van der Waals surface area contributed by atoms with E-state index in [2.05, 4.69) is 4.98 Å². The lowest BCUT2D eigenvalue weighted by molar-refractivity contribution is -0.154. The Morgan fingerprint density at radius 3 is 2.50 bits per heavy atom. The predicted molar refractivity (Wildman–Crippen MR) is 156 cm³/mol. The van der Waals surface area contributed by atoms with Gasteiger partial charge in [0.2, 0.25) is 5.91 Å². The van der Waals surface area contributed by atoms with Crippen LogP contribution in [0.2, 0.25) is 0 Å². The van der Waals surface area contributed by atoms with Gasteiger partial charge in [-0.05, 0) is 50.2 Å². The van der Waals surface area contributed by atoms with Crippen molar-refractivity contribution in [2.45, 2.75) is 124 Å². The SMILES string of the molecule is C/C(=C\c1csc(C)n1)C1CC2C(CCCC(C)C(O)C(C)C(=O)C(C)(C)C(O)CC(=O)O1)N2C(=O)CC(C)C. The number of aliphatic hydroxyl groups excluding tert-OH is 2. The number of carbonyl (C=O) groups excluding carboxylic acids is 3. The van der Waals surface area contributed by atoms with E-state index >= 15 is 0 Å². The van der Waals surface area contributed by atoms with E-state index in [1.54, 1.807) is 32.1 Å². The fraction of sp³-hybridized carbons (Fsp3) is 0.742. The number of hydrogen-bond acceptors (Lipinski definition) is 8. The minimum absolute atomic E-state index is 0.0441. The van der Waals surface area contributed by atoms with Gasteiger partial charge in [-0.3, -0.25) is 14.4 Å². The first-order chi connectivity index (χ1) is 18.6. The molecule has 3 heterocycles. The molecule has 9 heteroatoms. The number of aryl methyl sites for hydroxylation is 1. The van der Waals surface area contributed by atoms with Gasteiger partial charge in [-0.2, -0.15) is 0 Å². The molecule has 1 amide bonds. The van der Waals surface area contributed by atoms with Crippen molar-refractivity contribution in [3.8, 4) is 0 Å². The highest BCUT2D eigenvalue weighted by atomic mass is 32.1. The number of hydrogen-bond donors (Lipinski definition) is 2. The first kappa shape index (κ1) is 32.4. The third kappa shape index (κ3) is 7.79. The minimum Gasteiger partial charge on any atom is -0.458 e. The molecule has 224 valence electrons. The van der Waals surface area contributed by atoms with E-state index in [1.165, 1.54) is 0 Å². The molecule has 0 spiro atoms. The summed E-state index contributed by atoms with van der Waals surface area (Å²) in [4.78, 5) is 46.1. The van der Waals surface area contributed by atoms with Crippen LogP contribution < -0.4 is 0 Å². The summed E-state index contributed by atoms with van der Waals surface area (Å²) in [6.45, 7) is 14.7. The molecule has 0 radical (unpaired) electrons. The molecule has 0 bridgehead atoms. The molecular weight excluding hydrogens is 528 g/mol. The number of aromatic nitrogens is 1. The molecule has 3 rings (SSSR count). The second-order valence-electron chi connectivity index (χ2n) is 12.9. The molecule has 1 aromatic rings. The number of Topliss-reactive ketones (excluding diaryl/α,β-unsaturated/α-hetero) is 1. The standard InChI is InChI=1S/C31H48N2O6S/c1-17(2)12-27(35)33-23-11-9-10-18(3)29(37)20(5)30(38)31(7,8)26(34)15-28(36)39-25(14-24(23)33)19(4)13-22-16-40-21(6)32-22/h13,16-18,20,23-26,29,34,37H,9-12,14-15H2,1-8H3/b19-13+. The predicted octanol–water partition coefficient (Wildman–Crippen LogP) is 4.95. The number of nitrogens with zero attached hydrogens (tertiary/aromatic N) is 2. The number of cyclic esters (lactones) is 1. The van der Waals surface area contributed by atoms with Crippen molar-refractivity contribution in [3.63, 3.8) is 0 Å². The van der Waals surface area contributed by atoms with Gasteiger partial charge in [0.05, 0.1) is 46.8 Å². The molecule has 0 aromatic carbocycles. The van der Waals surface area contributed by atoms with Crippen LogP contribution in [0.1, 0.15) is 97.7 Å². The lowest BCUT2D eigenvalue weighted by Gasteiger charge is -2.34. The first-order valence-electron chi connectivity index (χ1n) is 14.6. The molecular formula is C31H48N2O6S. The molecule has 7 unspecified atom stereocenters. The van der Waals surface area contributed by atoms with E-state index in [9.17, 15) is 24.6 Å². The van der Waals surface area contributed by atoms with Crippen molar-refractivity contribution >= 4 is 35.1 Å². The number of carbonyl (C=O) groups is 3. The summed E-state index contributed by atoms with van der Waals surface area (Å²) in [7, 11) is 0. The Balaban J connectivity index is 1.93. The van der Waals surface area contributed by atoms with Crippen LogP contribution in [0.4, 0.5) is 0 Å². The summed E-state index contributed by atoms with van der Waals surface area (Å²) in [6, 6.07) is -0.0119. The number of ether oxygens (including phenoxy) is 1. The summed E-state index contributed by atoms with van der Waals surface area (Å²) >= 11 is 1.54. The third-order valence-corrected chi connectivity index (χ3v) is 9.48. The second-order valence-corrected chi connectivity index (χ2v) is 14.0. The van der Waals surface area contributed by atoms with Crippen molar-refractivity contribution in [2.75, 3.05) is 0 Å². The Morgan fingerprint density at radius 1 is 1.23 bits per heavy atom. The molecule has 2 aliphatic rings. The maximum atomic E-state index is 13.3. The Labute approximate surface area is 243 Å². The maximum absolute atomic E-state index is 13.3. The Morgan fingerprint density at radius 2 is 1.90 bits per heavy atom. The molecule has 0 saturated carbocycles. The fourth-order valence-electron chi connectivity index (χ4n) is 5.92. The lowest BCUT2D eigenvalue weighted by atomic mass is 9.73. The van der Waals surface area contributed by atoms with Crippen LogP contribution in [-0.4, -0.2) is 68.2 Å². The highest BCUT2D eigenvalue weighted by Crippen LogP contribution is 2.40. The van der Waals surface area contributed by atoms with E-state index in [4.69, 9.17) is 4.74 Å². The van der Waals surface area contributed by atoms with Crippen LogP contribution >= 0.6 is 11.3 Å². The second kappa shape index (κ2) is 13.3. The quantitative estimate of drug-likeness (QED) is 0.385. The minimum atomic E-state index is -1.27. The van der Waals surface area contributed by atoms with Crippen molar-refractivity contribution in [2.24, 2.45) is 23.2 Å². The molecule has 1 aromatic heterocycles. The average molecular weight is 577 g/mol. The molecule has 8 nitrogen and oxygen atoms in total. The van der Waals surface area contributed by atoms with Crippen molar-refractivity contribution < 1.29 is 29.3 Å². The Kier molecular flexibility index (Phi) is 10.7. The maximum Gasteiger partial charge on any atom is 0.309 e. The van der Waals surface area contributed by atoms with Crippen LogP contribution in [-0.2, 0) is 19.1 Å². The number of fused-ring (bicyclic) bond motifs is 1. The van der Waals surface area contributed by atoms with Crippen LogP contribution in [0.25, 0.3) is 6.08 Å². The average Bonchev–Trinajstić information content (AvgIpc) is 3.39. The molecule has 2 aliphatic heterocycles. The number of amides is 1. The summed E-state index contributed by atoms with van der Waals surface area (Å²) in [5, 5.41) is 24.8. The largest absolute Gasteiger partial charge is 0.458 e. The monoisotopic (exact) mass is 576 g/mol.